The van der Waals surface area contributed by atoms with Crippen molar-refractivity contribution in [3.05, 3.63) is 10.0 Å². The van der Waals surface area contributed by atoms with Crippen LogP contribution in [-0.2, 0) is 0 Å². The molecule has 0 amide bonds. The van der Waals surface area contributed by atoms with E-state index in [0.717, 1.165) is 11.3 Å². The number of halogens is 1. The molecule has 66 valence electrons. The fraction of sp³-hybridized carbons (Fsp3) is 0.333. The summed E-state index contributed by atoms with van der Waals surface area (Å²) in [6.45, 7) is 0.0652. The smallest absolute Gasteiger partial charge is 0.275 e. The fourth-order valence-corrected chi connectivity index (χ4v) is 1.49. The van der Waals surface area contributed by atoms with Crippen LogP contribution >= 0.6 is 22.9 Å². The summed E-state index contributed by atoms with van der Waals surface area (Å²) >= 11 is 6.60. The summed E-state index contributed by atoms with van der Waals surface area (Å²) in [6.07, 6.45) is 0.617. The Bertz CT molecular complexity index is 276. The van der Waals surface area contributed by atoms with Crippen molar-refractivity contribution in [1.29, 1.82) is 0 Å². The van der Waals surface area contributed by atoms with Gasteiger partial charge in [0.1, 0.15) is 11.5 Å². The van der Waals surface area contributed by atoms with Gasteiger partial charge in [0.25, 0.3) is 5.19 Å². The Hall–Kier alpha value is -0.650. The Morgan fingerprint density at radius 2 is 2.50 bits per heavy atom. The molecular weight excluding hydrogens is 202 g/mol. The van der Waals surface area contributed by atoms with Gasteiger partial charge in [-0.2, -0.15) is 4.98 Å². The lowest BCUT2D eigenvalue weighted by atomic mass is 10.6. The minimum Gasteiger partial charge on any atom is -0.468 e. The summed E-state index contributed by atoms with van der Waals surface area (Å²) < 4.78 is 4.93. The van der Waals surface area contributed by atoms with Gasteiger partial charge in [0.05, 0.1) is 6.61 Å². The average molecular weight is 208 g/mol. The number of carbonyl (C=O) groups excluding carboxylic acids is 1. The summed E-state index contributed by atoms with van der Waals surface area (Å²) in [5.74, 6) is 0. The highest BCUT2D eigenvalue weighted by Crippen LogP contribution is 2.26. The predicted octanol–water partition coefficient (Wildman–Crippen LogP) is 0.980. The van der Waals surface area contributed by atoms with Gasteiger partial charge in [-0.3, -0.25) is 4.79 Å². The number of hydrogen-bond acceptors (Lipinski definition) is 5. The van der Waals surface area contributed by atoms with Gasteiger partial charge in [-0.15, -0.1) is 0 Å². The second kappa shape index (κ2) is 4.39. The van der Waals surface area contributed by atoms with Gasteiger partial charge in [0, 0.05) is 0 Å². The lowest BCUT2D eigenvalue weighted by Gasteiger charge is -1.95. The van der Waals surface area contributed by atoms with E-state index in [9.17, 15) is 4.79 Å². The maximum Gasteiger partial charge on any atom is 0.275 e. The molecule has 0 fully saturated rings. The van der Waals surface area contributed by atoms with Gasteiger partial charge in [-0.25, -0.2) is 0 Å². The minimum atomic E-state index is -0.0897. The number of ether oxygens (including phenoxy) is 1. The number of aldehydes is 1. The van der Waals surface area contributed by atoms with E-state index in [-0.39, 0.29) is 18.4 Å². The maximum absolute atomic E-state index is 10.3. The highest BCUT2D eigenvalue weighted by atomic mass is 35.5. The van der Waals surface area contributed by atoms with Crippen molar-refractivity contribution in [2.45, 2.75) is 0 Å². The molecule has 1 N–H and O–H groups in total. The third kappa shape index (κ3) is 2.17. The lowest BCUT2D eigenvalue weighted by Crippen LogP contribution is -2.00. The van der Waals surface area contributed by atoms with Crippen molar-refractivity contribution in [1.82, 2.24) is 4.98 Å². The second-order valence-corrected chi connectivity index (χ2v) is 3.18. The summed E-state index contributed by atoms with van der Waals surface area (Å²) in [6, 6.07) is 0. The molecule has 0 aliphatic rings. The zero-order valence-electron chi connectivity index (χ0n) is 5.99. The molecule has 0 saturated heterocycles. The Morgan fingerprint density at radius 3 is 3.00 bits per heavy atom. The first-order valence-electron chi connectivity index (χ1n) is 3.13. The van der Waals surface area contributed by atoms with Crippen LogP contribution in [0.2, 0.25) is 5.15 Å². The molecule has 4 nitrogen and oxygen atoms in total. The summed E-state index contributed by atoms with van der Waals surface area (Å²) in [5, 5.41) is 8.85. The standard InChI is InChI=1S/C6H6ClNO3S/c7-5-4(3-10)12-6(8-5)11-2-1-9/h3,9H,1-2H2. The molecule has 0 atom stereocenters. The first-order valence-corrected chi connectivity index (χ1v) is 4.32. The molecule has 0 spiro atoms. The molecule has 1 aromatic rings. The highest BCUT2D eigenvalue weighted by Gasteiger charge is 2.08. The number of aromatic nitrogens is 1. The van der Waals surface area contributed by atoms with E-state index >= 15 is 0 Å². The predicted molar refractivity (Wildman–Crippen MR) is 45.1 cm³/mol. The van der Waals surface area contributed by atoms with Gasteiger partial charge in [-0.05, 0) is 0 Å². The van der Waals surface area contributed by atoms with Crippen LogP contribution in [0, 0.1) is 0 Å². The first-order chi connectivity index (χ1) is 5.77. The van der Waals surface area contributed by atoms with Crippen molar-refractivity contribution >= 4 is 29.2 Å². The van der Waals surface area contributed by atoms with Crippen molar-refractivity contribution in [2.24, 2.45) is 0 Å². The van der Waals surface area contributed by atoms with Crippen LogP contribution in [0.4, 0.5) is 0 Å². The third-order valence-electron chi connectivity index (χ3n) is 1.01. The van der Waals surface area contributed by atoms with Crippen LogP contribution in [-0.4, -0.2) is 29.6 Å². The van der Waals surface area contributed by atoms with Crippen LogP contribution in [0.5, 0.6) is 5.19 Å². The molecule has 0 aromatic carbocycles. The van der Waals surface area contributed by atoms with Crippen LogP contribution in [0.15, 0.2) is 0 Å². The Morgan fingerprint density at radius 1 is 1.75 bits per heavy atom. The van der Waals surface area contributed by atoms with Crippen molar-refractivity contribution in [3.8, 4) is 5.19 Å². The first kappa shape index (κ1) is 9.44. The fourth-order valence-electron chi connectivity index (χ4n) is 0.562. The third-order valence-corrected chi connectivity index (χ3v) is 2.31. The quantitative estimate of drug-likeness (QED) is 0.748. The monoisotopic (exact) mass is 207 g/mol. The van der Waals surface area contributed by atoms with Crippen molar-refractivity contribution < 1.29 is 14.6 Å². The van der Waals surface area contributed by atoms with E-state index in [0.29, 0.717) is 16.4 Å². The van der Waals surface area contributed by atoms with Crippen LogP contribution < -0.4 is 4.74 Å². The lowest BCUT2D eigenvalue weighted by molar-refractivity contribution is 0.112. The van der Waals surface area contributed by atoms with Gasteiger partial charge < -0.3 is 9.84 Å². The van der Waals surface area contributed by atoms with E-state index in [1.54, 1.807) is 0 Å². The SMILES string of the molecule is O=Cc1sc(OCCO)nc1Cl. The Balaban J connectivity index is 2.68. The number of aliphatic hydroxyl groups excluding tert-OH is 1. The molecule has 6 heteroatoms. The van der Waals surface area contributed by atoms with Crippen LogP contribution in [0.3, 0.4) is 0 Å². The molecular formula is C6H6ClNO3S. The number of thiazole rings is 1. The Labute approximate surface area is 77.8 Å². The van der Waals surface area contributed by atoms with Gasteiger partial charge >= 0.3 is 0 Å². The van der Waals surface area contributed by atoms with Gasteiger partial charge in [-0.1, -0.05) is 22.9 Å². The van der Waals surface area contributed by atoms with E-state index in [4.69, 9.17) is 21.4 Å². The van der Waals surface area contributed by atoms with Crippen LogP contribution in [0.1, 0.15) is 9.67 Å². The van der Waals surface area contributed by atoms with Gasteiger partial charge in [0.2, 0.25) is 0 Å². The number of nitrogens with zero attached hydrogens (tertiary/aromatic N) is 1. The molecule has 1 heterocycles. The summed E-state index contributed by atoms with van der Waals surface area (Å²) in [7, 11) is 0. The number of aliphatic hydroxyl groups is 1. The second-order valence-electron chi connectivity index (χ2n) is 1.82. The van der Waals surface area contributed by atoms with E-state index in [1.165, 1.54) is 0 Å². The highest BCUT2D eigenvalue weighted by molar-refractivity contribution is 7.15. The zero-order valence-corrected chi connectivity index (χ0v) is 7.56. The van der Waals surface area contributed by atoms with E-state index < -0.39 is 0 Å². The number of hydrogen-bond donors (Lipinski definition) is 1. The Kier molecular flexibility index (Phi) is 3.46. The molecule has 1 rings (SSSR count). The van der Waals surface area contributed by atoms with Crippen LogP contribution in [0.25, 0.3) is 0 Å². The zero-order chi connectivity index (χ0) is 8.97. The van der Waals surface area contributed by atoms with E-state index in [1.807, 2.05) is 0 Å². The minimum absolute atomic E-state index is 0.0897. The van der Waals surface area contributed by atoms with E-state index in [2.05, 4.69) is 4.98 Å². The van der Waals surface area contributed by atoms with Crippen molar-refractivity contribution in [2.75, 3.05) is 13.2 Å². The molecule has 12 heavy (non-hydrogen) atoms. The molecule has 0 aliphatic carbocycles. The number of carbonyl (C=O) groups is 1. The summed E-state index contributed by atoms with van der Waals surface area (Å²) in [4.78, 5) is 14.4. The largest absolute Gasteiger partial charge is 0.468 e. The summed E-state index contributed by atoms with van der Waals surface area (Å²) in [5.41, 5.74) is 0. The van der Waals surface area contributed by atoms with Gasteiger partial charge in [0.15, 0.2) is 11.4 Å². The number of rotatable bonds is 4. The molecule has 1 aromatic heterocycles. The average Bonchev–Trinajstić information content (AvgIpc) is 2.43. The molecule has 0 unspecified atom stereocenters. The topological polar surface area (TPSA) is 59.4 Å². The molecule has 0 saturated carbocycles. The molecule has 0 aliphatic heterocycles. The molecule has 0 radical (unpaired) electrons. The normalized spacial score (nSPS) is 9.83. The van der Waals surface area contributed by atoms with Crippen molar-refractivity contribution in [3.63, 3.8) is 0 Å². The molecule has 0 bridgehead atoms. The maximum atomic E-state index is 10.3.